The summed E-state index contributed by atoms with van der Waals surface area (Å²) in [4.78, 5) is 19.1. The Kier molecular flexibility index (Phi) is 7.72. The normalized spacial score (nSPS) is 10.5. The molecular formula is C23H26N2O5S. The average Bonchev–Trinajstić information content (AvgIpc) is 3.34. The number of ether oxygens (including phenoxy) is 4. The summed E-state index contributed by atoms with van der Waals surface area (Å²) in [6.45, 7) is 3.28. The van der Waals surface area contributed by atoms with E-state index in [4.69, 9.17) is 18.9 Å². The number of methoxy groups -OCH3 is 3. The molecular weight excluding hydrogens is 416 g/mol. The molecule has 0 saturated carbocycles. The van der Waals surface area contributed by atoms with E-state index in [0.717, 1.165) is 11.3 Å². The Morgan fingerprint density at radius 2 is 1.68 bits per heavy atom. The van der Waals surface area contributed by atoms with Crippen molar-refractivity contribution >= 4 is 17.2 Å². The summed E-state index contributed by atoms with van der Waals surface area (Å²) >= 11 is 1.51. The van der Waals surface area contributed by atoms with Crippen LogP contribution in [0.1, 0.15) is 28.5 Å². The number of nitrogens with zero attached hydrogens (tertiary/aromatic N) is 2. The summed E-state index contributed by atoms with van der Waals surface area (Å²) in [7, 11) is 4.74. The van der Waals surface area contributed by atoms with Crippen molar-refractivity contribution in [2.24, 2.45) is 0 Å². The molecule has 1 heterocycles. The van der Waals surface area contributed by atoms with Crippen LogP contribution in [0.15, 0.2) is 47.3 Å². The number of carbonyl (C=O) groups excluding carboxylic acids is 1. The predicted molar refractivity (Wildman–Crippen MR) is 119 cm³/mol. The van der Waals surface area contributed by atoms with Gasteiger partial charge in [-0.1, -0.05) is 6.07 Å². The molecule has 7 nitrogen and oxygen atoms in total. The van der Waals surface area contributed by atoms with Crippen molar-refractivity contribution in [3.63, 3.8) is 0 Å². The molecule has 0 unspecified atom stereocenters. The molecule has 0 fully saturated rings. The number of rotatable bonds is 10. The highest BCUT2D eigenvalue weighted by Crippen LogP contribution is 2.30. The highest BCUT2D eigenvalue weighted by molar-refractivity contribution is 7.07. The van der Waals surface area contributed by atoms with Crippen molar-refractivity contribution < 1.29 is 23.7 Å². The summed E-state index contributed by atoms with van der Waals surface area (Å²) < 4.78 is 21.9. The molecule has 0 N–H and O–H groups in total. The lowest BCUT2D eigenvalue weighted by molar-refractivity contribution is 0.0752. The van der Waals surface area contributed by atoms with Crippen LogP contribution in [0.5, 0.6) is 23.0 Å². The van der Waals surface area contributed by atoms with Crippen LogP contribution in [0.4, 0.5) is 0 Å². The molecule has 0 saturated heterocycles. The van der Waals surface area contributed by atoms with Crippen LogP contribution < -0.4 is 18.9 Å². The summed E-state index contributed by atoms with van der Waals surface area (Å²) in [6, 6.07) is 10.8. The number of thiazole rings is 1. The third kappa shape index (κ3) is 5.46. The molecule has 8 heteroatoms. The van der Waals surface area contributed by atoms with E-state index in [0.29, 0.717) is 48.3 Å². The van der Waals surface area contributed by atoms with Gasteiger partial charge in [-0.25, -0.2) is 4.98 Å². The van der Waals surface area contributed by atoms with Gasteiger partial charge in [-0.3, -0.25) is 4.79 Å². The fourth-order valence-corrected chi connectivity index (χ4v) is 3.63. The average molecular weight is 443 g/mol. The number of aromatic nitrogens is 1. The first kappa shape index (κ1) is 22.4. The van der Waals surface area contributed by atoms with Crippen LogP contribution in [0.2, 0.25) is 0 Å². The zero-order valence-corrected chi connectivity index (χ0v) is 18.9. The van der Waals surface area contributed by atoms with Crippen molar-refractivity contribution in [3.8, 4) is 23.0 Å². The first-order valence-corrected chi connectivity index (χ1v) is 10.7. The topological polar surface area (TPSA) is 70.1 Å². The number of hydrogen-bond donors (Lipinski definition) is 0. The van der Waals surface area contributed by atoms with Crippen molar-refractivity contribution in [1.29, 1.82) is 0 Å². The minimum Gasteiger partial charge on any atom is -0.493 e. The first-order valence-electron chi connectivity index (χ1n) is 9.77. The summed E-state index contributed by atoms with van der Waals surface area (Å²) in [5, 5.41) is 1.93. The van der Waals surface area contributed by atoms with Gasteiger partial charge < -0.3 is 23.8 Å². The second kappa shape index (κ2) is 10.7. The molecule has 1 aromatic heterocycles. The van der Waals surface area contributed by atoms with Crippen LogP contribution in [-0.4, -0.2) is 43.7 Å². The van der Waals surface area contributed by atoms with Crippen LogP contribution >= 0.6 is 11.3 Å². The standard InChI is InChI=1S/C23H26N2O5S/c1-5-25(12-16-6-8-19(27-2)21(10-16)28-3)23(26)17-7-9-20(22(11-17)29-4)30-13-18-14-31-15-24-18/h6-11,14-15H,5,12-13H2,1-4H3. The largest absolute Gasteiger partial charge is 0.493 e. The minimum atomic E-state index is -0.0957. The van der Waals surface area contributed by atoms with Gasteiger partial charge in [0.15, 0.2) is 23.0 Å². The van der Waals surface area contributed by atoms with E-state index in [1.54, 1.807) is 49.9 Å². The van der Waals surface area contributed by atoms with Crippen LogP contribution in [-0.2, 0) is 13.2 Å². The van der Waals surface area contributed by atoms with Crippen molar-refractivity contribution in [2.75, 3.05) is 27.9 Å². The lowest BCUT2D eigenvalue weighted by atomic mass is 10.1. The van der Waals surface area contributed by atoms with Crippen molar-refractivity contribution in [3.05, 3.63) is 64.1 Å². The van der Waals surface area contributed by atoms with Crippen molar-refractivity contribution in [2.45, 2.75) is 20.1 Å². The van der Waals surface area contributed by atoms with E-state index in [-0.39, 0.29) is 5.91 Å². The van der Waals surface area contributed by atoms with Gasteiger partial charge in [0.25, 0.3) is 5.91 Å². The second-order valence-corrected chi connectivity index (χ2v) is 7.36. The summed E-state index contributed by atoms with van der Waals surface area (Å²) in [5.74, 6) is 2.25. The maximum absolute atomic E-state index is 13.1. The molecule has 0 atom stereocenters. The summed E-state index contributed by atoms with van der Waals surface area (Å²) in [5.41, 5.74) is 4.08. The molecule has 0 bridgehead atoms. The van der Waals surface area contributed by atoms with Gasteiger partial charge in [-0.05, 0) is 42.8 Å². The van der Waals surface area contributed by atoms with E-state index >= 15 is 0 Å². The number of amides is 1. The van der Waals surface area contributed by atoms with Crippen LogP contribution in [0, 0.1) is 0 Å². The predicted octanol–water partition coefficient (Wildman–Crippen LogP) is 4.41. The Morgan fingerprint density at radius 1 is 0.968 bits per heavy atom. The monoisotopic (exact) mass is 442 g/mol. The maximum Gasteiger partial charge on any atom is 0.254 e. The number of hydrogen-bond acceptors (Lipinski definition) is 7. The summed E-state index contributed by atoms with van der Waals surface area (Å²) in [6.07, 6.45) is 0. The van der Waals surface area contributed by atoms with Gasteiger partial charge in [0.1, 0.15) is 6.61 Å². The molecule has 0 aliphatic heterocycles. The lowest BCUT2D eigenvalue weighted by Gasteiger charge is -2.22. The Hall–Kier alpha value is -3.26. The number of benzene rings is 2. The van der Waals surface area contributed by atoms with E-state index in [9.17, 15) is 4.79 Å². The Morgan fingerprint density at radius 3 is 2.32 bits per heavy atom. The van der Waals surface area contributed by atoms with Crippen LogP contribution in [0.25, 0.3) is 0 Å². The third-order valence-corrected chi connectivity index (χ3v) is 5.40. The van der Waals surface area contributed by atoms with Gasteiger partial charge in [-0.2, -0.15) is 0 Å². The van der Waals surface area contributed by atoms with E-state index in [1.165, 1.54) is 11.3 Å². The fraction of sp³-hybridized carbons (Fsp3) is 0.304. The lowest BCUT2D eigenvalue weighted by Crippen LogP contribution is -2.30. The first-order chi connectivity index (χ1) is 15.1. The zero-order valence-electron chi connectivity index (χ0n) is 18.1. The van der Waals surface area contributed by atoms with Crippen LogP contribution in [0.3, 0.4) is 0 Å². The highest BCUT2D eigenvalue weighted by atomic mass is 32.1. The third-order valence-electron chi connectivity index (χ3n) is 4.76. The molecule has 3 aromatic rings. The minimum absolute atomic E-state index is 0.0957. The molecule has 0 spiro atoms. The number of carbonyl (C=O) groups is 1. The molecule has 1 amide bonds. The highest BCUT2D eigenvalue weighted by Gasteiger charge is 2.18. The smallest absolute Gasteiger partial charge is 0.254 e. The van der Waals surface area contributed by atoms with E-state index < -0.39 is 0 Å². The fourth-order valence-electron chi connectivity index (χ4n) is 3.09. The molecule has 0 aliphatic rings. The molecule has 31 heavy (non-hydrogen) atoms. The van der Waals surface area contributed by atoms with Gasteiger partial charge >= 0.3 is 0 Å². The van der Waals surface area contributed by atoms with Gasteiger partial charge in [0.05, 0.1) is 32.5 Å². The maximum atomic E-state index is 13.1. The molecule has 2 aromatic carbocycles. The quantitative estimate of drug-likeness (QED) is 0.463. The molecule has 0 aliphatic carbocycles. The zero-order chi connectivity index (χ0) is 22.2. The molecule has 164 valence electrons. The molecule has 3 rings (SSSR count). The molecule has 0 radical (unpaired) electrons. The Balaban J connectivity index is 1.75. The van der Waals surface area contributed by atoms with E-state index in [2.05, 4.69) is 4.98 Å². The second-order valence-electron chi connectivity index (χ2n) is 6.64. The van der Waals surface area contributed by atoms with Gasteiger partial charge in [0, 0.05) is 24.0 Å². The van der Waals surface area contributed by atoms with E-state index in [1.807, 2.05) is 30.5 Å². The Bertz CT molecular complexity index is 1010. The van der Waals surface area contributed by atoms with Gasteiger partial charge in [0.2, 0.25) is 0 Å². The van der Waals surface area contributed by atoms with Crippen molar-refractivity contribution in [1.82, 2.24) is 9.88 Å². The van der Waals surface area contributed by atoms with Gasteiger partial charge in [-0.15, -0.1) is 11.3 Å². The SMILES string of the molecule is CCN(Cc1ccc(OC)c(OC)c1)C(=O)c1ccc(OCc2cscn2)c(OC)c1. The Labute approximate surface area is 186 Å².